The van der Waals surface area contributed by atoms with Crippen LogP contribution in [0.1, 0.15) is 38.5 Å². The summed E-state index contributed by atoms with van der Waals surface area (Å²) in [6.45, 7) is 0. The fraction of sp³-hybridized carbons (Fsp3) is 0.857. The summed E-state index contributed by atoms with van der Waals surface area (Å²) in [6, 6.07) is 0. The molecule has 0 aromatic carbocycles. The van der Waals surface area contributed by atoms with Crippen LogP contribution in [0.15, 0.2) is 0 Å². The van der Waals surface area contributed by atoms with Crippen molar-refractivity contribution in [1.82, 2.24) is 0 Å². The molecule has 0 saturated carbocycles. The van der Waals surface area contributed by atoms with Gasteiger partial charge in [0.25, 0.3) is 0 Å². The number of aldehydes is 2. The second-order valence-corrected chi connectivity index (χ2v) is 4.00. The van der Waals surface area contributed by atoms with Gasteiger partial charge in [-0.3, -0.25) is 0 Å². The Kier molecular flexibility index (Phi) is 19.5. The van der Waals surface area contributed by atoms with Crippen molar-refractivity contribution in [3.05, 3.63) is 0 Å². The monoisotopic (exact) mass is 292 g/mol. The van der Waals surface area contributed by atoms with Crippen LogP contribution in [0.4, 0.5) is 0 Å². The third-order valence-corrected chi connectivity index (χ3v) is 2.58. The molecule has 0 unspecified atom stereocenters. The van der Waals surface area contributed by atoms with E-state index in [9.17, 15) is 9.59 Å². The zero-order valence-electron chi connectivity index (χ0n) is 13.0. The van der Waals surface area contributed by atoms with E-state index in [1.807, 2.05) is 0 Å². The highest BCUT2D eigenvalue weighted by Gasteiger charge is 2.03. The maximum Gasteiger partial charge on any atom is 0.156 e. The minimum atomic E-state index is -0.153. The van der Waals surface area contributed by atoms with Gasteiger partial charge in [0.05, 0.1) is 0 Å². The minimum Gasteiger partial charge on any atom is -0.356 e. The molecule has 0 bridgehead atoms. The van der Waals surface area contributed by atoms with E-state index in [2.05, 4.69) is 0 Å². The predicted molar refractivity (Wildman–Crippen MR) is 75.4 cm³/mol. The number of hydrogen-bond acceptors (Lipinski definition) is 6. The molecule has 0 heterocycles. The molecule has 0 aromatic heterocycles. The summed E-state index contributed by atoms with van der Waals surface area (Å²) >= 11 is 0. The average molecular weight is 292 g/mol. The molecular weight excluding hydrogens is 264 g/mol. The Bertz CT molecular complexity index is 180. The van der Waals surface area contributed by atoms with Crippen molar-refractivity contribution in [2.75, 3.05) is 28.4 Å². The van der Waals surface area contributed by atoms with Gasteiger partial charge in [-0.15, -0.1) is 0 Å². The first-order chi connectivity index (χ1) is 9.69. The third-order valence-electron chi connectivity index (χ3n) is 2.58. The van der Waals surface area contributed by atoms with Crippen molar-refractivity contribution in [2.45, 2.75) is 51.1 Å². The van der Waals surface area contributed by atoms with Gasteiger partial charge in [-0.1, -0.05) is 0 Å². The van der Waals surface area contributed by atoms with E-state index in [4.69, 9.17) is 18.9 Å². The second-order valence-electron chi connectivity index (χ2n) is 4.00. The Hall–Kier alpha value is -0.820. The van der Waals surface area contributed by atoms with Crippen LogP contribution in [0.2, 0.25) is 0 Å². The number of carbonyl (C=O) groups is 2. The zero-order chi connectivity index (χ0) is 15.6. The molecular formula is C14H28O6. The lowest BCUT2D eigenvalue weighted by Crippen LogP contribution is -2.12. The third kappa shape index (κ3) is 15.2. The molecule has 0 radical (unpaired) electrons. The van der Waals surface area contributed by atoms with Crippen molar-refractivity contribution < 1.29 is 28.5 Å². The van der Waals surface area contributed by atoms with E-state index >= 15 is 0 Å². The van der Waals surface area contributed by atoms with Gasteiger partial charge in [0.2, 0.25) is 0 Å². The summed E-state index contributed by atoms with van der Waals surface area (Å²) in [6.07, 6.45) is 5.90. The van der Waals surface area contributed by atoms with Crippen molar-refractivity contribution in [1.29, 1.82) is 0 Å². The Morgan fingerprint density at radius 1 is 0.700 bits per heavy atom. The van der Waals surface area contributed by atoms with E-state index in [0.29, 0.717) is 12.8 Å². The van der Waals surface area contributed by atoms with E-state index < -0.39 is 0 Å². The van der Waals surface area contributed by atoms with Gasteiger partial charge in [0, 0.05) is 41.3 Å². The van der Waals surface area contributed by atoms with Gasteiger partial charge in [0.1, 0.15) is 12.6 Å². The Labute approximate surface area is 121 Å². The maximum atomic E-state index is 9.88. The lowest BCUT2D eigenvalue weighted by Gasteiger charge is -2.11. The standard InChI is InChI=1S/2C7H14O3/c2*1-9-7(10-2)5-3-4-6-8/h2*6-7H,3-5H2,1-2H3. The van der Waals surface area contributed by atoms with E-state index in [1.54, 1.807) is 28.4 Å². The molecule has 0 aliphatic carbocycles. The normalized spacial score (nSPS) is 10.3. The number of hydrogen-bond donors (Lipinski definition) is 0. The molecule has 0 aliphatic heterocycles. The molecule has 0 rings (SSSR count). The minimum absolute atomic E-state index is 0.153. The number of ether oxygens (including phenoxy) is 4. The van der Waals surface area contributed by atoms with Crippen LogP contribution in [-0.2, 0) is 28.5 Å². The molecule has 0 aliphatic rings. The molecule has 0 saturated heterocycles. The first kappa shape index (κ1) is 21.5. The second kappa shape index (κ2) is 18.2. The molecule has 0 fully saturated rings. The summed E-state index contributed by atoms with van der Waals surface area (Å²) in [7, 11) is 6.37. The van der Waals surface area contributed by atoms with E-state index in [1.165, 1.54) is 0 Å². The fourth-order valence-corrected chi connectivity index (χ4v) is 1.40. The van der Waals surface area contributed by atoms with Crippen LogP contribution >= 0.6 is 0 Å². The van der Waals surface area contributed by atoms with Crippen LogP contribution in [-0.4, -0.2) is 53.6 Å². The highest BCUT2D eigenvalue weighted by Crippen LogP contribution is 2.03. The molecule has 120 valence electrons. The zero-order valence-corrected chi connectivity index (χ0v) is 13.0. The Balaban J connectivity index is 0. The van der Waals surface area contributed by atoms with Crippen molar-refractivity contribution in [2.24, 2.45) is 0 Å². The van der Waals surface area contributed by atoms with Crippen LogP contribution in [0.25, 0.3) is 0 Å². The van der Waals surface area contributed by atoms with Gasteiger partial charge in [0.15, 0.2) is 12.6 Å². The molecule has 0 amide bonds. The topological polar surface area (TPSA) is 71.1 Å². The number of carbonyl (C=O) groups excluding carboxylic acids is 2. The van der Waals surface area contributed by atoms with Crippen molar-refractivity contribution in [3.8, 4) is 0 Å². The van der Waals surface area contributed by atoms with Gasteiger partial charge >= 0.3 is 0 Å². The van der Waals surface area contributed by atoms with Gasteiger partial charge in [-0.05, 0) is 25.7 Å². The average Bonchev–Trinajstić information content (AvgIpc) is 2.49. The van der Waals surface area contributed by atoms with E-state index in [0.717, 1.165) is 38.3 Å². The number of rotatable bonds is 12. The molecule has 6 nitrogen and oxygen atoms in total. The largest absolute Gasteiger partial charge is 0.356 e. The predicted octanol–water partition coefficient (Wildman–Crippen LogP) is 1.95. The lowest BCUT2D eigenvalue weighted by atomic mass is 10.2. The molecule has 0 spiro atoms. The van der Waals surface area contributed by atoms with Crippen molar-refractivity contribution >= 4 is 12.6 Å². The summed E-state index contributed by atoms with van der Waals surface area (Å²) < 4.78 is 19.6. The maximum absolute atomic E-state index is 9.88. The molecule has 0 atom stereocenters. The number of unbranched alkanes of at least 4 members (excludes halogenated alkanes) is 2. The fourth-order valence-electron chi connectivity index (χ4n) is 1.40. The van der Waals surface area contributed by atoms with Crippen LogP contribution in [0, 0.1) is 0 Å². The molecule has 0 aromatic rings. The Morgan fingerprint density at radius 2 is 1.00 bits per heavy atom. The van der Waals surface area contributed by atoms with Crippen LogP contribution in [0.5, 0.6) is 0 Å². The summed E-state index contributed by atoms with van der Waals surface area (Å²) in [5.41, 5.74) is 0. The summed E-state index contributed by atoms with van der Waals surface area (Å²) in [5.74, 6) is 0. The number of methoxy groups -OCH3 is 4. The van der Waals surface area contributed by atoms with Crippen LogP contribution < -0.4 is 0 Å². The molecule has 6 heteroatoms. The van der Waals surface area contributed by atoms with E-state index in [-0.39, 0.29) is 12.6 Å². The molecule has 20 heavy (non-hydrogen) atoms. The highest BCUT2D eigenvalue weighted by molar-refractivity contribution is 5.49. The quantitative estimate of drug-likeness (QED) is 0.311. The highest BCUT2D eigenvalue weighted by atomic mass is 16.7. The summed E-state index contributed by atoms with van der Waals surface area (Å²) in [5, 5.41) is 0. The summed E-state index contributed by atoms with van der Waals surface area (Å²) in [4.78, 5) is 19.8. The SMILES string of the molecule is COC(CCCC=O)OC.COC(CCCC=O)OC. The van der Waals surface area contributed by atoms with Crippen LogP contribution in [0.3, 0.4) is 0 Å². The van der Waals surface area contributed by atoms with Gasteiger partial charge in [-0.25, -0.2) is 0 Å². The lowest BCUT2D eigenvalue weighted by molar-refractivity contribution is -0.113. The molecule has 0 N–H and O–H groups in total. The van der Waals surface area contributed by atoms with Gasteiger partial charge in [-0.2, -0.15) is 0 Å². The first-order valence-electron chi connectivity index (χ1n) is 6.68. The first-order valence-corrected chi connectivity index (χ1v) is 6.68. The van der Waals surface area contributed by atoms with Gasteiger partial charge < -0.3 is 28.5 Å². The van der Waals surface area contributed by atoms with Crippen molar-refractivity contribution in [3.63, 3.8) is 0 Å². The Morgan fingerprint density at radius 3 is 1.20 bits per heavy atom. The smallest absolute Gasteiger partial charge is 0.156 e.